The average Bonchev–Trinajstić information content (AvgIpc) is 3.03. The minimum absolute atomic E-state index is 0.262. The van der Waals surface area contributed by atoms with Crippen molar-refractivity contribution >= 4 is 23.5 Å². The molecule has 134 valence electrons. The van der Waals surface area contributed by atoms with E-state index in [0.29, 0.717) is 23.2 Å². The third kappa shape index (κ3) is 4.64. The molecule has 0 aliphatic heterocycles. The van der Waals surface area contributed by atoms with E-state index in [9.17, 15) is 5.11 Å². The van der Waals surface area contributed by atoms with E-state index in [1.807, 2.05) is 24.3 Å². The molecule has 0 spiro atoms. The number of aromatic nitrogens is 1. The van der Waals surface area contributed by atoms with E-state index in [1.165, 1.54) is 6.21 Å². The lowest BCUT2D eigenvalue weighted by atomic mass is 10.2. The highest BCUT2D eigenvalue weighted by atomic mass is 35.5. The number of nitrogens with zero attached hydrogens (tertiary/aromatic N) is 2. The fourth-order valence-electron chi connectivity index (χ4n) is 2.22. The van der Waals surface area contributed by atoms with E-state index in [1.54, 1.807) is 24.3 Å². The average molecular weight is 371 g/mol. The molecule has 0 amide bonds. The van der Waals surface area contributed by atoms with Gasteiger partial charge in [0.2, 0.25) is 5.89 Å². The summed E-state index contributed by atoms with van der Waals surface area (Å²) in [5, 5.41) is 10.6. The maximum absolute atomic E-state index is 9.95. The predicted octanol–water partition coefficient (Wildman–Crippen LogP) is 5.63. The number of benzene rings is 2. The van der Waals surface area contributed by atoms with Crippen LogP contribution in [0.5, 0.6) is 11.7 Å². The number of aliphatic imine (C=N–C) groups is 1. The standard InChI is InChI=1S/C20H19ClN2O3/c1-2-3-12-25-17-10-4-14(5-11-17)19-23-18(20(24)26-19)13-22-16-8-6-15(21)7-9-16/h4-11,13,24H,2-3,12H2,1H3. The number of aromatic hydroxyl groups is 1. The Kier molecular flexibility index (Phi) is 5.92. The van der Waals surface area contributed by atoms with Crippen LogP contribution < -0.4 is 4.74 Å². The number of ether oxygens (including phenoxy) is 1. The topological polar surface area (TPSA) is 67.9 Å². The Balaban J connectivity index is 1.72. The molecule has 5 nitrogen and oxygen atoms in total. The number of oxazole rings is 1. The summed E-state index contributed by atoms with van der Waals surface area (Å²) in [6, 6.07) is 14.4. The number of hydrogen-bond donors (Lipinski definition) is 1. The quantitative estimate of drug-likeness (QED) is 0.432. The molecular weight excluding hydrogens is 352 g/mol. The van der Waals surface area contributed by atoms with Crippen molar-refractivity contribution in [2.75, 3.05) is 6.61 Å². The monoisotopic (exact) mass is 370 g/mol. The van der Waals surface area contributed by atoms with Gasteiger partial charge in [-0.1, -0.05) is 24.9 Å². The van der Waals surface area contributed by atoms with Crippen LogP contribution in [0.2, 0.25) is 5.02 Å². The van der Waals surface area contributed by atoms with Crippen LogP contribution in [0.1, 0.15) is 25.5 Å². The number of rotatable bonds is 7. The molecule has 0 saturated carbocycles. The van der Waals surface area contributed by atoms with E-state index in [-0.39, 0.29) is 11.6 Å². The maximum atomic E-state index is 9.95. The minimum Gasteiger partial charge on any atom is -0.494 e. The number of halogens is 1. The molecule has 1 N–H and O–H groups in total. The molecule has 0 radical (unpaired) electrons. The van der Waals surface area contributed by atoms with Crippen LogP contribution in [-0.4, -0.2) is 22.9 Å². The Labute approximate surface area is 156 Å². The van der Waals surface area contributed by atoms with Gasteiger partial charge in [0.15, 0.2) is 5.69 Å². The number of hydrogen-bond acceptors (Lipinski definition) is 5. The van der Waals surface area contributed by atoms with Gasteiger partial charge in [0, 0.05) is 10.6 Å². The molecule has 0 fully saturated rings. The van der Waals surface area contributed by atoms with Crippen molar-refractivity contribution in [3.05, 3.63) is 59.2 Å². The fraction of sp³-hybridized carbons (Fsp3) is 0.200. The van der Waals surface area contributed by atoms with Gasteiger partial charge in [-0.05, 0) is 55.0 Å². The molecule has 0 aliphatic rings. The first kappa shape index (κ1) is 18.0. The Hall–Kier alpha value is -2.79. The molecule has 1 aromatic heterocycles. The summed E-state index contributed by atoms with van der Waals surface area (Å²) in [5.74, 6) is 0.837. The van der Waals surface area contributed by atoms with Crippen LogP contribution in [-0.2, 0) is 0 Å². The first-order chi connectivity index (χ1) is 12.7. The second-order valence-corrected chi connectivity index (χ2v) is 6.11. The first-order valence-electron chi connectivity index (χ1n) is 8.38. The molecule has 0 atom stereocenters. The molecule has 3 rings (SSSR count). The van der Waals surface area contributed by atoms with E-state index < -0.39 is 0 Å². The lowest BCUT2D eigenvalue weighted by Crippen LogP contribution is -1.95. The molecule has 0 saturated heterocycles. The van der Waals surface area contributed by atoms with Gasteiger partial charge in [0.25, 0.3) is 0 Å². The zero-order valence-electron chi connectivity index (χ0n) is 14.4. The summed E-state index contributed by atoms with van der Waals surface area (Å²) in [6.45, 7) is 2.82. The summed E-state index contributed by atoms with van der Waals surface area (Å²) in [5.41, 5.74) is 1.71. The van der Waals surface area contributed by atoms with Crippen LogP contribution in [0.4, 0.5) is 5.69 Å². The lowest BCUT2D eigenvalue weighted by Gasteiger charge is -2.05. The lowest BCUT2D eigenvalue weighted by molar-refractivity contribution is 0.309. The highest BCUT2D eigenvalue weighted by Gasteiger charge is 2.12. The maximum Gasteiger partial charge on any atom is 0.312 e. The van der Waals surface area contributed by atoms with Crippen LogP contribution in [0.3, 0.4) is 0 Å². The molecule has 6 heteroatoms. The van der Waals surface area contributed by atoms with Crippen LogP contribution in [0.25, 0.3) is 11.5 Å². The van der Waals surface area contributed by atoms with E-state index in [2.05, 4.69) is 16.9 Å². The second kappa shape index (κ2) is 8.54. The van der Waals surface area contributed by atoms with Crippen molar-refractivity contribution in [2.24, 2.45) is 4.99 Å². The first-order valence-corrected chi connectivity index (χ1v) is 8.76. The minimum atomic E-state index is -0.277. The normalized spacial score (nSPS) is 11.2. The Morgan fingerprint density at radius 3 is 2.58 bits per heavy atom. The molecule has 26 heavy (non-hydrogen) atoms. The van der Waals surface area contributed by atoms with Gasteiger partial charge in [0.05, 0.1) is 18.5 Å². The van der Waals surface area contributed by atoms with Crippen LogP contribution >= 0.6 is 11.6 Å². The van der Waals surface area contributed by atoms with Gasteiger partial charge in [0.1, 0.15) is 5.75 Å². The zero-order chi connectivity index (χ0) is 18.4. The molecule has 0 unspecified atom stereocenters. The van der Waals surface area contributed by atoms with Gasteiger partial charge in [-0.25, -0.2) is 4.98 Å². The molecule has 0 aliphatic carbocycles. The van der Waals surface area contributed by atoms with E-state index in [0.717, 1.165) is 24.2 Å². The largest absolute Gasteiger partial charge is 0.494 e. The van der Waals surface area contributed by atoms with Crippen LogP contribution in [0.15, 0.2) is 57.9 Å². The van der Waals surface area contributed by atoms with Gasteiger partial charge < -0.3 is 14.3 Å². The highest BCUT2D eigenvalue weighted by molar-refractivity contribution is 6.30. The van der Waals surface area contributed by atoms with Gasteiger partial charge in [-0.2, -0.15) is 0 Å². The summed E-state index contributed by atoms with van der Waals surface area (Å²) in [6.07, 6.45) is 3.56. The summed E-state index contributed by atoms with van der Waals surface area (Å²) in [7, 11) is 0. The third-order valence-corrected chi connectivity index (χ3v) is 3.92. The molecule has 2 aromatic carbocycles. The molecule has 0 bridgehead atoms. The Bertz CT molecular complexity index is 871. The van der Waals surface area contributed by atoms with Gasteiger partial charge in [-0.15, -0.1) is 0 Å². The van der Waals surface area contributed by atoms with E-state index in [4.69, 9.17) is 20.8 Å². The van der Waals surface area contributed by atoms with Crippen LogP contribution in [0, 0.1) is 0 Å². The summed E-state index contributed by atoms with van der Waals surface area (Å²) < 4.78 is 11.0. The van der Waals surface area contributed by atoms with Crippen molar-refractivity contribution < 1.29 is 14.3 Å². The molecule has 3 aromatic rings. The van der Waals surface area contributed by atoms with Crippen molar-refractivity contribution in [3.63, 3.8) is 0 Å². The van der Waals surface area contributed by atoms with Crippen molar-refractivity contribution in [3.8, 4) is 23.1 Å². The Morgan fingerprint density at radius 1 is 1.15 bits per heavy atom. The van der Waals surface area contributed by atoms with Crippen molar-refractivity contribution in [1.82, 2.24) is 4.98 Å². The summed E-state index contributed by atoms with van der Waals surface area (Å²) >= 11 is 5.84. The molecule has 1 heterocycles. The number of unbranched alkanes of at least 4 members (excludes halogenated alkanes) is 1. The third-order valence-electron chi connectivity index (χ3n) is 3.66. The predicted molar refractivity (Wildman–Crippen MR) is 103 cm³/mol. The molecular formula is C20H19ClN2O3. The van der Waals surface area contributed by atoms with Crippen molar-refractivity contribution in [2.45, 2.75) is 19.8 Å². The SMILES string of the molecule is CCCCOc1ccc(-c2nc(C=Nc3ccc(Cl)cc3)c(O)o2)cc1. The Morgan fingerprint density at radius 2 is 1.88 bits per heavy atom. The fourth-order valence-corrected chi connectivity index (χ4v) is 2.35. The second-order valence-electron chi connectivity index (χ2n) is 5.67. The van der Waals surface area contributed by atoms with Gasteiger partial charge >= 0.3 is 5.95 Å². The highest BCUT2D eigenvalue weighted by Crippen LogP contribution is 2.27. The van der Waals surface area contributed by atoms with Gasteiger partial charge in [-0.3, -0.25) is 4.99 Å². The van der Waals surface area contributed by atoms with E-state index >= 15 is 0 Å². The van der Waals surface area contributed by atoms with Crippen molar-refractivity contribution in [1.29, 1.82) is 0 Å². The summed E-state index contributed by atoms with van der Waals surface area (Å²) in [4.78, 5) is 8.54. The smallest absolute Gasteiger partial charge is 0.312 e. The zero-order valence-corrected chi connectivity index (χ0v) is 15.1.